The number of para-hydroxylation sites is 2. The molecule has 7 heteroatoms. The minimum Gasteiger partial charge on any atom is -0.408 e. The summed E-state index contributed by atoms with van der Waals surface area (Å²) in [5, 5.41) is 0. The maximum absolute atomic E-state index is 12.9. The average Bonchev–Trinajstić information content (AvgIpc) is 2.81. The molecule has 140 valence electrons. The number of ether oxygens (including phenoxy) is 1. The van der Waals surface area contributed by atoms with E-state index in [1.54, 1.807) is 13.2 Å². The van der Waals surface area contributed by atoms with Crippen molar-refractivity contribution >= 4 is 17.0 Å². The molecule has 4 heterocycles. The Kier molecular flexibility index (Phi) is 4.82. The van der Waals surface area contributed by atoms with Gasteiger partial charge in [-0.05, 0) is 30.9 Å². The van der Waals surface area contributed by atoms with Crippen LogP contribution in [-0.2, 0) is 16.1 Å². The van der Waals surface area contributed by atoms with Crippen molar-refractivity contribution in [3.63, 3.8) is 0 Å². The van der Waals surface area contributed by atoms with Crippen LogP contribution in [0, 0.1) is 5.92 Å². The van der Waals surface area contributed by atoms with Gasteiger partial charge in [-0.1, -0.05) is 12.1 Å². The molecule has 7 nitrogen and oxygen atoms in total. The molecule has 1 aromatic heterocycles. The standard InChI is InChI=1S/C19H25N3O4/c1-25-9-8-20-10-14-6-7-15(20)12-21(11-14)18(23)13-22-16-4-2-3-5-17(16)26-19(22)24/h2-5,14-15H,6-13H2,1H3/t14-,15-/m1/s1. The number of rotatable bonds is 5. The summed E-state index contributed by atoms with van der Waals surface area (Å²) in [6.45, 7) is 4.17. The first-order chi connectivity index (χ1) is 12.7. The van der Waals surface area contributed by atoms with Gasteiger partial charge in [0.1, 0.15) is 6.54 Å². The van der Waals surface area contributed by atoms with E-state index in [2.05, 4.69) is 4.90 Å². The predicted molar refractivity (Wildman–Crippen MR) is 97.0 cm³/mol. The van der Waals surface area contributed by atoms with Crippen molar-refractivity contribution in [1.29, 1.82) is 0 Å². The third-order valence-corrected chi connectivity index (χ3v) is 5.63. The van der Waals surface area contributed by atoms with Crippen molar-refractivity contribution in [2.24, 2.45) is 5.92 Å². The number of hydrogen-bond donors (Lipinski definition) is 0. The summed E-state index contributed by atoms with van der Waals surface area (Å²) in [6, 6.07) is 7.60. The number of hydrogen-bond acceptors (Lipinski definition) is 5. The Hall–Kier alpha value is -2.12. The highest BCUT2D eigenvalue weighted by molar-refractivity contribution is 5.79. The third kappa shape index (κ3) is 3.29. The van der Waals surface area contributed by atoms with Gasteiger partial charge in [0, 0.05) is 39.3 Å². The molecule has 3 saturated heterocycles. The molecular formula is C19H25N3O4. The van der Waals surface area contributed by atoms with Crippen LogP contribution in [0.1, 0.15) is 12.8 Å². The highest BCUT2D eigenvalue weighted by Gasteiger charge is 2.36. The van der Waals surface area contributed by atoms with Gasteiger partial charge in [0.05, 0.1) is 12.1 Å². The van der Waals surface area contributed by atoms with E-state index in [9.17, 15) is 9.59 Å². The fourth-order valence-corrected chi connectivity index (χ4v) is 4.26. The average molecular weight is 359 g/mol. The van der Waals surface area contributed by atoms with E-state index in [-0.39, 0.29) is 12.5 Å². The van der Waals surface area contributed by atoms with Gasteiger partial charge >= 0.3 is 5.76 Å². The van der Waals surface area contributed by atoms with Crippen molar-refractivity contribution < 1.29 is 13.9 Å². The largest absolute Gasteiger partial charge is 0.420 e. The first kappa shape index (κ1) is 17.3. The molecule has 0 spiro atoms. The van der Waals surface area contributed by atoms with Crippen molar-refractivity contribution in [2.45, 2.75) is 25.4 Å². The van der Waals surface area contributed by atoms with E-state index in [1.807, 2.05) is 23.1 Å². The van der Waals surface area contributed by atoms with E-state index in [0.717, 1.165) is 39.0 Å². The van der Waals surface area contributed by atoms with E-state index < -0.39 is 5.76 Å². The van der Waals surface area contributed by atoms with Crippen LogP contribution in [0.25, 0.3) is 11.1 Å². The van der Waals surface area contributed by atoms with Gasteiger partial charge in [-0.25, -0.2) is 4.79 Å². The lowest BCUT2D eigenvalue weighted by atomic mass is 9.95. The zero-order valence-electron chi connectivity index (χ0n) is 15.1. The molecule has 0 aliphatic carbocycles. The van der Waals surface area contributed by atoms with Crippen LogP contribution in [0.3, 0.4) is 0 Å². The van der Waals surface area contributed by atoms with Gasteiger partial charge in [0.25, 0.3) is 0 Å². The van der Waals surface area contributed by atoms with Gasteiger partial charge < -0.3 is 14.1 Å². The van der Waals surface area contributed by atoms with Crippen molar-refractivity contribution in [3.05, 3.63) is 34.8 Å². The van der Waals surface area contributed by atoms with Crippen molar-refractivity contribution in [3.8, 4) is 0 Å². The topological polar surface area (TPSA) is 67.9 Å². The molecule has 3 fully saturated rings. The Labute approximate surface area is 152 Å². The van der Waals surface area contributed by atoms with Crippen LogP contribution in [0.15, 0.2) is 33.5 Å². The molecule has 3 aliphatic heterocycles. The van der Waals surface area contributed by atoms with Crippen molar-refractivity contribution in [2.75, 3.05) is 39.9 Å². The summed E-state index contributed by atoms with van der Waals surface area (Å²) >= 11 is 0. The van der Waals surface area contributed by atoms with Gasteiger partial charge in [0.15, 0.2) is 5.58 Å². The highest BCUT2D eigenvalue weighted by atomic mass is 16.5. The molecule has 5 rings (SSSR count). The number of amides is 1. The van der Waals surface area contributed by atoms with Crippen LogP contribution in [0.5, 0.6) is 0 Å². The monoisotopic (exact) mass is 359 g/mol. The van der Waals surface area contributed by atoms with Crippen LogP contribution in [0.2, 0.25) is 0 Å². The Morgan fingerprint density at radius 2 is 2.08 bits per heavy atom. The lowest BCUT2D eigenvalue weighted by Crippen LogP contribution is -2.46. The lowest BCUT2D eigenvalue weighted by Gasteiger charge is -2.35. The summed E-state index contributed by atoms with van der Waals surface area (Å²) < 4.78 is 11.9. The van der Waals surface area contributed by atoms with E-state index in [0.29, 0.717) is 29.7 Å². The Bertz CT molecular complexity index is 843. The molecule has 1 amide bonds. The van der Waals surface area contributed by atoms with Gasteiger partial charge in [0.2, 0.25) is 5.91 Å². The third-order valence-electron chi connectivity index (χ3n) is 5.63. The second kappa shape index (κ2) is 7.25. The molecule has 2 atom stereocenters. The maximum Gasteiger partial charge on any atom is 0.420 e. The van der Waals surface area contributed by atoms with E-state index in [4.69, 9.17) is 9.15 Å². The number of oxazole rings is 1. The Balaban J connectivity index is 1.50. The van der Waals surface area contributed by atoms with Crippen LogP contribution in [0.4, 0.5) is 0 Å². The number of methoxy groups -OCH3 is 1. The van der Waals surface area contributed by atoms with Gasteiger partial charge in [-0.2, -0.15) is 0 Å². The Morgan fingerprint density at radius 3 is 2.92 bits per heavy atom. The number of piperidine rings is 1. The van der Waals surface area contributed by atoms with Crippen molar-refractivity contribution in [1.82, 2.24) is 14.4 Å². The molecule has 0 saturated carbocycles. The smallest absolute Gasteiger partial charge is 0.408 e. The zero-order chi connectivity index (χ0) is 18.1. The number of nitrogens with zero attached hydrogens (tertiary/aromatic N) is 3. The fraction of sp³-hybridized carbons (Fsp3) is 0.579. The summed E-state index contributed by atoms with van der Waals surface area (Å²) in [5.74, 6) is 0.00980. The molecule has 0 radical (unpaired) electrons. The lowest BCUT2D eigenvalue weighted by molar-refractivity contribution is -0.132. The molecule has 3 aliphatic rings. The number of fused-ring (bicyclic) bond motifs is 5. The summed E-state index contributed by atoms with van der Waals surface area (Å²) in [5.41, 5.74) is 1.19. The SMILES string of the molecule is COCCN1C[C@H]2CC[C@@H]1CN(C(=O)Cn1c(=O)oc3ccccc31)C2. The number of aromatic nitrogens is 1. The van der Waals surface area contributed by atoms with Crippen LogP contribution < -0.4 is 5.76 Å². The summed E-state index contributed by atoms with van der Waals surface area (Å²) in [4.78, 5) is 29.5. The number of carbonyl (C=O) groups excluding carboxylic acids is 1. The second-order valence-corrected chi connectivity index (χ2v) is 7.31. The summed E-state index contributed by atoms with van der Waals surface area (Å²) in [7, 11) is 1.72. The van der Waals surface area contributed by atoms with E-state index in [1.165, 1.54) is 4.57 Å². The Morgan fingerprint density at radius 1 is 1.23 bits per heavy atom. The van der Waals surface area contributed by atoms with Gasteiger partial charge in [-0.3, -0.25) is 14.3 Å². The minimum absolute atomic E-state index is 0.0101. The van der Waals surface area contributed by atoms with Crippen LogP contribution >= 0.6 is 0 Å². The summed E-state index contributed by atoms with van der Waals surface area (Å²) in [6.07, 6.45) is 2.28. The molecule has 2 bridgehead atoms. The minimum atomic E-state index is -0.473. The van der Waals surface area contributed by atoms with Crippen LogP contribution in [-0.4, -0.2) is 66.2 Å². The molecule has 26 heavy (non-hydrogen) atoms. The molecule has 2 aromatic rings. The quantitative estimate of drug-likeness (QED) is 0.802. The number of benzene rings is 1. The predicted octanol–water partition coefficient (Wildman–Crippen LogP) is 1.16. The maximum atomic E-state index is 12.9. The van der Waals surface area contributed by atoms with Gasteiger partial charge in [-0.15, -0.1) is 0 Å². The molecule has 0 N–H and O–H groups in total. The molecular weight excluding hydrogens is 334 g/mol. The highest BCUT2D eigenvalue weighted by Crippen LogP contribution is 2.28. The fourth-order valence-electron chi connectivity index (χ4n) is 4.26. The number of carbonyl (C=O) groups is 1. The normalized spacial score (nSPS) is 23.5. The molecule has 1 aromatic carbocycles. The zero-order valence-corrected chi connectivity index (χ0v) is 15.1. The first-order valence-corrected chi connectivity index (χ1v) is 9.25. The van der Waals surface area contributed by atoms with E-state index >= 15 is 0 Å². The second-order valence-electron chi connectivity index (χ2n) is 7.31. The first-order valence-electron chi connectivity index (χ1n) is 9.25. The molecule has 0 unspecified atom stereocenters.